The second kappa shape index (κ2) is 8.75. The van der Waals surface area contributed by atoms with Crippen molar-refractivity contribution in [1.82, 2.24) is 20.3 Å². The molecule has 1 saturated heterocycles. The minimum atomic E-state index is -0.0556. The van der Waals surface area contributed by atoms with Crippen molar-refractivity contribution in [2.75, 3.05) is 39.3 Å². The van der Waals surface area contributed by atoms with Crippen LogP contribution in [0.2, 0.25) is 0 Å². The maximum atomic E-state index is 12.4. The maximum absolute atomic E-state index is 12.4. The fourth-order valence-electron chi connectivity index (χ4n) is 3.24. The first-order valence-electron chi connectivity index (χ1n) is 9.38. The lowest BCUT2D eigenvalue weighted by atomic mass is 10.1. The highest BCUT2D eigenvalue weighted by atomic mass is 16.5. The van der Waals surface area contributed by atoms with E-state index in [0.29, 0.717) is 25.4 Å². The quantitative estimate of drug-likeness (QED) is 0.636. The lowest BCUT2D eigenvalue weighted by Crippen LogP contribution is -2.53. The lowest BCUT2D eigenvalue weighted by molar-refractivity contribution is 0.0657. The van der Waals surface area contributed by atoms with E-state index in [4.69, 9.17) is 13.9 Å². The average molecular weight is 373 g/mol. The number of hydrogen-bond acceptors (Lipinski definition) is 5. The Morgan fingerprint density at radius 2 is 2.00 bits per heavy atom. The second-order valence-corrected chi connectivity index (χ2v) is 6.54. The molecule has 0 atom stereocenters. The van der Waals surface area contributed by atoms with Crippen LogP contribution in [0.15, 0.2) is 32.3 Å². The molecule has 3 rings (SSSR count). The molecule has 1 aliphatic rings. The van der Waals surface area contributed by atoms with Crippen LogP contribution in [0.5, 0.6) is 0 Å². The molecule has 1 aliphatic heterocycles. The van der Waals surface area contributed by atoms with Crippen molar-refractivity contribution in [3.63, 3.8) is 0 Å². The monoisotopic (exact) mass is 373 g/mol. The van der Waals surface area contributed by atoms with Gasteiger partial charge < -0.3 is 24.1 Å². The Kier molecular flexibility index (Phi) is 6.16. The molecule has 0 spiro atoms. The molecular formula is C19H27N5O3. The molecule has 1 N–H and O–H groups in total. The maximum Gasteiger partial charge on any atom is 0.289 e. The smallest absolute Gasteiger partial charge is 0.289 e. The van der Waals surface area contributed by atoms with Gasteiger partial charge in [0.2, 0.25) is 0 Å². The van der Waals surface area contributed by atoms with Crippen molar-refractivity contribution < 1.29 is 13.7 Å². The van der Waals surface area contributed by atoms with Crippen LogP contribution < -0.4 is 5.32 Å². The Morgan fingerprint density at radius 3 is 2.59 bits per heavy atom. The molecule has 8 heteroatoms. The topological polar surface area (TPSA) is 87.1 Å². The zero-order valence-electron chi connectivity index (χ0n) is 16.2. The molecule has 0 unspecified atom stereocenters. The molecule has 8 nitrogen and oxygen atoms in total. The van der Waals surface area contributed by atoms with Crippen molar-refractivity contribution in [2.45, 2.75) is 27.2 Å². The summed E-state index contributed by atoms with van der Waals surface area (Å²) in [6.45, 7) is 10.2. The number of aliphatic imine (C=N–C) groups is 1. The average Bonchev–Trinajstić information content (AvgIpc) is 3.32. The van der Waals surface area contributed by atoms with Crippen LogP contribution in [0, 0.1) is 13.8 Å². The second-order valence-electron chi connectivity index (χ2n) is 6.54. The van der Waals surface area contributed by atoms with Crippen LogP contribution >= 0.6 is 0 Å². The number of guanidine groups is 1. The predicted molar refractivity (Wildman–Crippen MR) is 102 cm³/mol. The van der Waals surface area contributed by atoms with Gasteiger partial charge in [0.25, 0.3) is 5.91 Å². The standard InChI is InChI=1S/C19H27N5O3/c1-4-20-19(21-8-7-16-14(2)22-27-15(16)3)24-11-9-23(10-12-24)18(25)17-6-5-13-26-17/h5-6,13H,4,7-12H2,1-3H3,(H,20,21). The van der Waals surface area contributed by atoms with E-state index in [0.717, 1.165) is 49.0 Å². The minimum absolute atomic E-state index is 0.0556. The number of nitrogens with zero attached hydrogens (tertiary/aromatic N) is 4. The van der Waals surface area contributed by atoms with Crippen LogP contribution in [0.1, 0.15) is 34.5 Å². The molecule has 1 amide bonds. The van der Waals surface area contributed by atoms with E-state index in [1.165, 1.54) is 6.26 Å². The highest BCUT2D eigenvalue weighted by molar-refractivity contribution is 5.91. The molecule has 1 fully saturated rings. The van der Waals surface area contributed by atoms with Gasteiger partial charge in [0.15, 0.2) is 11.7 Å². The Hall–Kier alpha value is -2.77. The molecule has 2 aromatic rings. The van der Waals surface area contributed by atoms with Crippen molar-refractivity contribution in [3.8, 4) is 0 Å². The highest BCUT2D eigenvalue weighted by Crippen LogP contribution is 2.13. The van der Waals surface area contributed by atoms with Gasteiger partial charge in [0.05, 0.1) is 12.0 Å². The van der Waals surface area contributed by atoms with Crippen LogP contribution in [0.4, 0.5) is 0 Å². The molecule has 0 aromatic carbocycles. The van der Waals surface area contributed by atoms with Crippen LogP contribution in [-0.2, 0) is 6.42 Å². The van der Waals surface area contributed by atoms with Crippen LogP contribution in [0.3, 0.4) is 0 Å². The van der Waals surface area contributed by atoms with Gasteiger partial charge in [0.1, 0.15) is 5.76 Å². The number of carbonyl (C=O) groups is 1. The molecule has 146 valence electrons. The van der Waals surface area contributed by atoms with Gasteiger partial charge in [0, 0.05) is 44.8 Å². The van der Waals surface area contributed by atoms with E-state index in [-0.39, 0.29) is 5.91 Å². The molecule has 0 bridgehead atoms. The van der Waals surface area contributed by atoms with E-state index in [1.54, 1.807) is 12.1 Å². The minimum Gasteiger partial charge on any atom is -0.459 e. The summed E-state index contributed by atoms with van der Waals surface area (Å²) in [4.78, 5) is 21.2. The fourth-order valence-corrected chi connectivity index (χ4v) is 3.24. The fraction of sp³-hybridized carbons (Fsp3) is 0.526. The number of piperazine rings is 1. The SMILES string of the molecule is CCNC(=NCCc1c(C)noc1C)N1CCN(C(=O)c2ccco2)CC1. The van der Waals surface area contributed by atoms with Crippen molar-refractivity contribution in [3.05, 3.63) is 41.2 Å². The van der Waals surface area contributed by atoms with E-state index < -0.39 is 0 Å². The zero-order chi connectivity index (χ0) is 19.2. The van der Waals surface area contributed by atoms with E-state index >= 15 is 0 Å². The third-order valence-corrected chi connectivity index (χ3v) is 4.74. The summed E-state index contributed by atoms with van der Waals surface area (Å²) < 4.78 is 10.4. The number of amides is 1. The van der Waals surface area contributed by atoms with E-state index in [9.17, 15) is 4.79 Å². The first-order chi connectivity index (χ1) is 13.1. The van der Waals surface area contributed by atoms with Gasteiger partial charge in [-0.3, -0.25) is 9.79 Å². The number of aromatic nitrogens is 1. The van der Waals surface area contributed by atoms with Crippen LogP contribution in [-0.4, -0.2) is 66.1 Å². The molecule has 2 aromatic heterocycles. The molecule has 0 saturated carbocycles. The predicted octanol–water partition coefficient (Wildman–Crippen LogP) is 1.85. The molecule has 0 aliphatic carbocycles. The number of furan rings is 1. The number of nitrogens with one attached hydrogen (secondary N) is 1. The van der Waals surface area contributed by atoms with Gasteiger partial charge >= 0.3 is 0 Å². The number of rotatable bonds is 5. The largest absolute Gasteiger partial charge is 0.459 e. The van der Waals surface area contributed by atoms with Gasteiger partial charge in [-0.25, -0.2) is 0 Å². The Morgan fingerprint density at radius 1 is 1.26 bits per heavy atom. The number of aryl methyl sites for hydroxylation is 2. The Labute approximate surface area is 159 Å². The molecule has 3 heterocycles. The summed E-state index contributed by atoms with van der Waals surface area (Å²) in [5, 5.41) is 7.34. The first kappa shape index (κ1) is 19.0. The summed E-state index contributed by atoms with van der Waals surface area (Å²) in [5.74, 6) is 2.08. The number of hydrogen-bond donors (Lipinski definition) is 1. The Bertz CT molecular complexity index is 754. The van der Waals surface area contributed by atoms with Gasteiger partial charge in [-0.2, -0.15) is 0 Å². The third kappa shape index (κ3) is 4.50. The van der Waals surface area contributed by atoms with Crippen molar-refractivity contribution >= 4 is 11.9 Å². The van der Waals surface area contributed by atoms with Gasteiger partial charge in [-0.05, 0) is 39.3 Å². The Balaban J connectivity index is 1.56. The van der Waals surface area contributed by atoms with Gasteiger partial charge in [-0.1, -0.05) is 5.16 Å². The lowest BCUT2D eigenvalue weighted by Gasteiger charge is -2.36. The summed E-state index contributed by atoms with van der Waals surface area (Å²) in [5.41, 5.74) is 2.06. The molecule has 27 heavy (non-hydrogen) atoms. The van der Waals surface area contributed by atoms with E-state index in [1.807, 2.05) is 18.7 Å². The highest BCUT2D eigenvalue weighted by Gasteiger charge is 2.25. The first-order valence-corrected chi connectivity index (χ1v) is 9.38. The summed E-state index contributed by atoms with van der Waals surface area (Å²) >= 11 is 0. The van der Waals surface area contributed by atoms with Crippen molar-refractivity contribution in [2.24, 2.45) is 4.99 Å². The van der Waals surface area contributed by atoms with Crippen LogP contribution in [0.25, 0.3) is 0 Å². The van der Waals surface area contributed by atoms with Crippen molar-refractivity contribution in [1.29, 1.82) is 0 Å². The summed E-state index contributed by atoms with van der Waals surface area (Å²) in [6.07, 6.45) is 2.32. The third-order valence-electron chi connectivity index (χ3n) is 4.74. The molecule has 0 radical (unpaired) electrons. The normalized spacial score (nSPS) is 15.3. The zero-order valence-corrected chi connectivity index (χ0v) is 16.2. The van der Waals surface area contributed by atoms with E-state index in [2.05, 4.69) is 22.3 Å². The summed E-state index contributed by atoms with van der Waals surface area (Å²) in [7, 11) is 0. The molecular weight excluding hydrogens is 346 g/mol. The number of carbonyl (C=O) groups excluding carboxylic acids is 1. The summed E-state index contributed by atoms with van der Waals surface area (Å²) in [6, 6.07) is 3.44. The van der Waals surface area contributed by atoms with Gasteiger partial charge in [-0.15, -0.1) is 0 Å².